The summed E-state index contributed by atoms with van der Waals surface area (Å²) in [6.07, 6.45) is 5.30. The highest BCUT2D eigenvalue weighted by molar-refractivity contribution is 5.77. The van der Waals surface area contributed by atoms with E-state index in [9.17, 15) is 4.79 Å². The summed E-state index contributed by atoms with van der Waals surface area (Å²) in [5.74, 6) is 1.44. The molecule has 162 valence electrons. The lowest BCUT2D eigenvalue weighted by Gasteiger charge is -2.25. The SMILES string of the molecule is O=C(CCc1cc2nc(NC3Cc4ccccc4C3)ncc2o1)N1CCc2n[nH]nc2C1. The molecule has 9 nitrogen and oxygen atoms in total. The summed E-state index contributed by atoms with van der Waals surface area (Å²) in [5.41, 5.74) is 5.97. The van der Waals surface area contributed by atoms with Crippen LogP contribution in [0.4, 0.5) is 5.95 Å². The smallest absolute Gasteiger partial charge is 0.223 e. The van der Waals surface area contributed by atoms with Gasteiger partial charge >= 0.3 is 0 Å². The van der Waals surface area contributed by atoms with Crippen LogP contribution in [0.1, 0.15) is 34.7 Å². The van der Waals surface area contributed by atoms with E-state index in [1.807, 2.05) is 11.0 Å². The van der Waals surface area contributed by atoms with Crippen molar-refractivity contribution < 1.29 is 9.21 Å². The first-order valence-electron chi connectivity index (χ1n) is 11.0. The Kier molecular flexibility index (Phi) is 4.59. The minimum absolute atomic E-state index is 0.0911. The van der Waals surface area contributed by atoms with Gasteiger partial charge in [0.2, 0.25) is 11.9 Å². The third-order valence-corrected chi connectivity index (χ3v) is 6.31. The van der Waals surface area contributed by atoms with Crippen molar-refractivity contribution in [3.63, 3.8) is 0 Å². The number of hydrogen-bond donors (Lipinski definition) is 2. The second-order valence-electron chi connectivity index (χ2n) is 8.46. The number of anilines is 1. The number of rotatable bonds is 5. The lowest BCUT2D eigenvalue weighted by atomic mass is 10.1. The van der Waals surface area contributed by atoms with Gasteiger partial charge in [0.05, 0.1) is 18.4 Å². The Morgan fingerprint density at radius 1 is 1.19 bits per heavy atom. The number of H-pyrrole nitrogens is 1. The van der Waals surface area contributed by atoms with Crippen molar-refractivity contribution in [3.05, 3.63) is 64.8 Å². The summed E-state index contributed by atoms with van der Waals surface area (Å²) in [5, 5.41) is 14.3. The Morgan fingerprint density at radius 2 is 2.00 bits per heavy atom. The van der Waals surface area contributed by atoms with Crippen molar-refractivity contribution in [1.82, 2.24) is 30.3 Å². The Bertz CT molecular complexity index is 1270. The van der Waals surface area contributed by atoms with Crippen LogP contribution in [-0.4, -0.2) is 48.8 Å². The first-order valence-corrected chi connectivity index (χ1v) is 11.0. The van der Waals surface area contributed by atoms with Crippen LogP contribution in [0.25, 0.3) is 11.1 Å². The molecule has 2 aliphatic rings. The van der Waals surface area contributed by atoms with Crippen molar-refractivity contribution >= 4 is 23.0 Å². The van der Waals surface area contributed by atoms with Crippen LogP contribution in [0, 0.1) is 0 Å². The number of benzene rings is 1. The van der Waals surface area contributed by atoms with Gasteiger partial charge in [-0.25, -0.2) is 9.97 Å². The first-order chi connectivity index (χ1) is 15.7. The van der Waals surface area contributed by atoms with Crippen molar-refractivity contribution in [3.8, 4) is 0 Å². The number of nitrogens with one attached hydrogen (secondary N) is 2. The molecule has 1 aromatic carbocycles. The largest absolute Gasteiger partial charge is 0.458 e. The Labute approximate surface area is 184 Å². The van der Waals surface area contributed by atoms with Crippen LogP contribution < -0.4 is 5.32 Å². The van der Waals surface area contributed by atoms with E-state index in [1.54, 1.807) is 6.20 Å². The van der Waals surface area contributed by atoms with Gasteiger partial charge in [0.15, 0.2) is 5.58 Å². The van der Waals surface area contributed by atoms with Crippen LogP contribution in [0.3, 0.4) is 0 Å². The number of nitrogens with zero attached hydrogens (tertiary/aromatic N) is 5. The molecule has 4 heterocycles. The minimum atomic E-state index is 0.0911. The fourth-order valence-electron chi connectivity index (χ4n) is 4.63. The fourth-order valence-corrected chi connectivity index (χ4v) is 4.63. The van der Waals surface area contributed by atoms with E-state index in [4.69, 9.17) is 4.42 Å². The second kappa shape index (κ2) is 7.74. The van der Waals surface area contributed by atoms with E-state index in [2.05, 4.69) is 55.0 Å². The summed E-state index contributed by atoms with van der Waals surface area (Å²) in [7, 11) is 0. The molecule has 0 bridgehead atoms. The summed E-state index contributed by atoms with van der Waals surface area (Å²) >= 11 is 0. The highest BCUT2D eigenvalue weighted by Gasteiger charge is 2.24. The van der Waals surface area contributed by atoms with Crippen molar-refractivity contribution in [2.75, 3.05) is 11.9 Å². The molecule has 0 spiro atoms. The molecule has 1 amide bonds. The van der Waals surface area contributed by atoms with E-state index in [0.29, 0.717) is 43.5 Å². The number of carbonyl (C=O) groups excluding carboxylic acids is 1. The second-order valence-corrected chi connectivity index (χ2v) is 8.46. The van der Waals surface area contributed by atoms with E-state index in [-0.39, 0.29) is 5.91 Å². The third-order valence-electron chi connectivity index (χ3n) is 6.31. The minimum Gasteiger partial charge on any atom is -0.458 e. The average Bonchev–Trinajstić information content (AvgIpc) is 3.53. The van der Waals surface area contributed by atoms with E-state index >= 15 is 0 Å². The molecule has 1 aliphatic carbocycles. The molecule has 0 atom stereocenters. The lowest BCUT2D eigenvalue weighted by molar-refractivity contribution is -0.132. The maximum absolute atomic E-state index is 12.6. The average molecular weight is 429 g/mol. The molecule has 32 heavy (non-hydrogen) atoms. The Balaban J connectivity index is 1.08. The van der Waals surface area contributed by atoms with Gasteiger partial charge in [-0.05, 0) is 24.0 Å². The fraction of sp³-hybridized carbons (Fsp3) is 0.348. The number of aryl methyl sites for hydroxylation is 1. The van der Waals surface area contributed by atoms with E-state index < -0.39 is 0 Å². The molecule has 0 radical (unpaired) electrons. The zero-order chi connectivity index (χ0) is 21.5. The Morgan fingerprint density at radius 3 is 2.84 bits per heavy atom. The first kappa shape index (κ1) is 19.0. The maximum atomic E-state index is 12.6. The van der Waals surface area contributed by atoms with Crippen LogP contribution in [0.15, 0.2) is 40.9 Å². The van der Waals surface area contributed by atoms with Gasteiger partial charge in [0, 0.05) is 37.9 Å². The molecule has 4 aromatic rings. The lowest BCUT2D eigenvalue weighted by Crippen LogP contribution is -2.36. The van der Waals surface area contributed by atoms with Gasteiger partial charge in [-0.3, -0.25) is 4.79 Å². The van der Waals surface area contributed by atoms with Crippen LogP contribution in [0.2, 0.25) is 0 Å². The van der Waals surface area contributed by atoms with Gasteiger partial charge in [-0.15, -0.1) is 0 Å². The van der Waals surface area contributed by atoms with Crippen molar-refractivity contribution in [2.45, 2.75) is 44.7 Å². The zero-order valence-corrected chi connectivity index (χ0v) is 17.5. The monoisotopic (exact) mass is 429 g/mol. The zero-order valence-electron chi connectivity index (χ0n) is 17.5. The number of fused-ring (bicyclic) bond motifs is 3. The normalized spacial score (nSPS) is 15.7. The molecule has 0 fully saturated rings. The molecule has 3 aromatic heterocycles. The predicted molar refractivity (Wildman–Crippen MR) is 117 cm³/mol. The molecule has 9 heteroatoms. The number of furan rings is 1. The highest BCUT2D eigenvalue weighted by Crippen LogP contribution is 2.25. The summed E-state index contributed by atoms with van der Waals surface area (Å²) in [6, 6.07) is 10.7. The topological polar surface area (TPSA) is 113 Å². The van der Waals surface area contributed by atoms with E-state index in [0.717, 1.165) is 41.9 Å². The number of hydrogen-bond acceptors (Lipinski definition) is 7. The quantitative estimate of drug-likeness (QED) is 0.501. The number of carbonyl (C=O) groups is 1. The van der Waals surface area contributed by atoms with Crippen LogP contribution in [-0.2, 0) is 37.0 Å². The molecular formula is C23H23N7O2. The van der Waals surface area contributed by atoms with Crippen LogP contribution >= 0.6 is 0 Å². The number of amides is 1. The number of aromatic nitrogens is 5. The van der Waals surface area contributed by atoms with Gasteiger partial charge in [0.25, 0.3) is 0 Å². The molecular weight excluding hydrogens is 406 g/mol. The molecule has 1 aliphatic heterocycles. The van der Waals surface area contributed by atoms with Gasteiger partial charge in [0.1, 0.15) is 17.0 Å². The molecule has 0 saturated heterocycles. The molecule has 2 N–H and O–H groups in total. The maximum Gasteiger partial charge on any atom is 0.223 e. The molecule has 6 rings (SSSR count). The van der Waals surface area contributed by atoms with Gasteiger partial charge in [-0.1, -0.05) is 24.3 Å². The van der Waals surface area contributed by atoms with Gasteiger partial charge in [-0.2, -0.15) is 15.4 Å². The summed E-state index contributed by atoms with van der Waals surface area (Å²) in [6.45, 7) is 1.18. The van der Waals surface area contributed by atoms with Gasteiger partial charge < -0.3 is 14.6 Å². The standard InChI is InChI=1S/C23H23N7O2/c31-22(30-8-7-18-20(13-30)28-29-27-18)6-5-17-11-19-21(32-17)12-24-23(26-19)25-16-9-14-3-1-2-4-15(14)10-16/h1-4,11-12,16H,5-10,13H2,(H,24,25,26)(H,27,28,29). The third kappa shape index (κ3) is 3.59. The number of aromatic amines is 1. The summed E-state index contributed by atoms with van der Waals surface area (Å²) in [4.78, 5) is 23.5. The summed E-state index contributed by atoms with van der Waals surface area (Å²) < 4.78 is 5.87. The van der Waals surface area contributed by atoms with E-state index in [1.165, 1.54) is 11.1 Å². The Hall–Kier alpha value is -3.75. The van der Waals surface area contributed by atoms with Crippen LogP contribution in [0.5, 0.6) is 0 Å². The molecule has 0 unspecified atom stereocenters. The molecule has 0 saturated carbocycles. The van der Waals surface area contributed by atoms with Crippen molar-refractivity contribution in [2.24, 2.45) is 0 Å². The highest BCUT2D eigenvalue weighted by atomic mass is 16.3. The predicted octanol–water partition coefficient (Wildman–Crippen LogP) is 2.44. The van der Waals surface area contributed by atoms with Crippen molar-refractivity contribution in [1.29, 1.82) is 0 Å².